The van der Waals surface area contributed by atoms with Crippen molar-refractivity contribution in [2.75, 3.05) is 20.6 Å². The number of benzene rings is 2. The molecule has 0 aromatic heterocycles. The van der Waals surface area contributed by atoms with E-state index in [1.54, 1.807) is 0 Å². The number of fused-ring (bicyclic) bond motifs is 1. The zero-order valence-electron chi connectivity index (χ0n) is 13.7. The summed E-state index contributed by atoms with van der Waals surface area (Å²) in [5.41, 5.74) is 4.43. The van der Waals surface area contributed by atoms with Crippen LogP contribution >= 0.6 is 0 Å². The largest absolute Gasteiger partial charge is 1.00 e. The van der Waals surface area contributed by atoms with Crippen molar-refractivity contribution in [1.82, 2.24) is 4.90 Å². The minimum Gasteiger partial charge on any atom is -1.00 e. The van der Waals surface area contributed by atoms with E-state index >= 15 is 0 Å². The monoisotopic (exact) mass is 419 g/mol. The smallest absolute Gasteiger partial charge is 1.00 e. The van der Waals surface area contributed by atoms with Crippen LogP contribution < -0.4 is 37.2 Å². The summed E-state index contributed by atoms with van der Waals surface area (Å²) in [6.45, 7) is 1.14. The topological polar surface area (TPSA) is 3.24 Å². The summed E-state index contributed by atoms with van der Waals surface area (Å²) in [7, 11) is 4.35. The Hall–Kier alpha value is -0.406. The fourth-order valence-corrected chi connectivity index (χ4v) is 5.52. The van der Waals surface area contributed by atoms with E-state index in [9.17, 15) is 0 Å². The number of rotatable bonds is 5. The van der Waals surface area contributed by atoms with E-state index < -0.39 is 0 Å². The second kappa shape index (κ2) is 11.3. The molecule has 0 saturated heterocycles. The fraction of sp³-hybridized carbons (Fsp3) is 0.263. The first-order valence-electron chi connectivity index (χ1n) is 7.41. The van der Waals surface area contributed by atoms with E-state index in [0.717, 1.165) is 6.54 Å². The van der Waals surface area contributed by atoms with E-state index in [4.69, 9.17) is 0 Å². The van der Waals surface area contributed by atoms with Gasteiger partial charge in [-0.25, -0.2) is 0 Å². The molecule has 0 saturated carbocycles. The van der Waals surface area contributed by atoms with Crippen LogP contribution in [0.25, 0.3) is 6.08 Å². The molecule has 2 aromatic carbocycles. The molecule has 3 rings (SSSR count). The van der Waals surface area contributed by atoms with Crippen molar-refractivity contribution in [3.8, 4) is 0 Å². The summed E-state index contributed by atoms with van der Waals surface area (Å²) in [5.74, 6) is 0. The number of halogens is 3. The van der Waals surface area contributed by atoms with Gasteiger partial charge in [0.25, 0.3) is 0 Å². The molecule has 1 aliphatic carbocycles. The van der Waals surface area contributed by atoms with Crippen LogP contribution in [0.2, 0.25) is 0 Å². The summed E-state index contributed by atoms with van der Waals surface area (Å²) < 4.78 is 1.31. The Morgan fingerprint density at radius 2 is 1.54 bits per heavy atom. The van der Waals surface area contributed by atoms with Gasteiger partial charge in [-0.1, -0.05) is 0 Å². The molecule has 0 heterocycles. The van der Waals surface area contributed by atoms with Crippen molar-refractivity contribution in [3.05, 3.63) is 77.4 Å². The van der Waals surface area contributed by atoms with Crippen molar-refractivity contribution < 1.29 is 53.5 Å². The Labute approximate surface area is 171 Å². The van der Waals surface area contributed by atoms with Crippen LogP contribution in [0.5, 0.6) is 0 Å². The first-order chi connectivity index (χ1) is 10.2. The predicted octanol–water partition coefficient (Wildman–Crippen LogP) is -4.85. The molecule has 0 aliphatic heterocycles. The molecule has 0 fully saturated rings. The average Bonchev–Trinajstić information content (AvgIpc) is 2.90. The minimum atomic E-state index is 0. The summed E-state index contributed by atoms with van der Waals surface area (Å²) in [6, 6.07) is 19.8. The van der Waals surface area contributed by atoms with Crippen LogP contribution in [0.3, 0.4) is 0 Å². The van der Waals surface area contributed by atoms with Crippen molar-refractivity contribution in [3.63, 3.8) is 0 Å². The van der Waals surface area contributed by atoms with Gasteiger partial charge < -0.3 is 37.2 Å². The first-order valence-corrected chi connectivity index (χ1v) is 9.02. The third kappa shape index (κ3) is 5.84. The normalized spacial score (nSPS) is 15.4. The number of nitrogens with zero attached hydrogens (tertiary/aromatic N) is 1. The van der Waals surface area contributed by atoms with E-state index in [0.29, 0.717) is 9.26 Å². The minimum absolute atomic E-state index is 0. The zero-order valence-corrected chi connectivity index (χ0v) is 17.4. The third-order valence-electron chi connectivity index (χ3n) is 3.84. The maximum Gasteiger partial charge on any atom is -1.00 e. The van der Waals surface area contributed by atoms with Gasteiger partial charge in [-0.2, -0.15) is 0 Å². The molecule has 2 unspecified atom stereocenters. The second-order valence-corrected chi connectivity index (χ2v) is 8.08. The summed E-state index contributed by atoms with van der Waals surface area (Å²) in [4.78, 5) is 2.32. The number of likely N-dealkylation sites (N-methyl/N-ethyl adjacent to an activating group) is 1. The van der Waals surface area contributed by atoms with Gasteiger partial charge >= 0.3 is 135 Å². The van der Waals surface area contributed by atoms with Gasteiger partial charge in [0, 0.05) is 0 Å². The zero-order chi connectivity index (χ0) is 14.7. The van der Waals surface area contributed by atoms with E-state index in [2.05, 4.69) is 85.7 Å². The third-order valence-corrected chi connectivity index (χ3v) is 6.32. The molecule has 24 heavy (non-hydrogen) atoms. The van der Waals surface area contributed by atoms with Crippen molar-refractivity contribution in [1.29, 1.82) is 0 Å². The van der Waals surface area contributed by atoms with Crippen LogP contribution in [0, 0.1) is 0 Å². The molecular weight excluding hydrogens is 400 g/mol. The van der Waals surface area contributed by atoms with Crippen LogP contribution in [0.1, 0.15) is 25.9 Å². The fourth-order valence-electron chi connectivity index (χ4n) is 2.81. The molecule has 1 aliphatic rings. The molecule has 2 atom stereocenters. The Morgan fingerprint density at radius 3 is 2.21 bits per heavy atom. The quantitative estimate of drug-likeness (QED) is 0.469. The van der Waals surface area contributed by atoms with Crippen LogP contribution in [-0.2, 0) is 16.3 Å². The molecule has 2 aromatic rings. The number of hydrogen-bond donors (Lipinski definition) is 0. The van der Waals surface area contributed by atoms with Gasteiger partial charge in [-0.05, 0) is 0 Å². The van der Waals surface area contributed by atoms with E-state index in [-0.39, 0.29) is 53.5 Å². The summed E-state index contributed by atoms with van der Waals surface area (Å²) in [5, 5.41) is 0. The van der Waals surface area contributed by atoms with Crippen LogP contribution in [0.4, 0.5) is 0 Å². The van der Waals surface area contributed by atoms with Crippen LogP contribution in [0.15, 0.2) is 60.7 Å². The molecular formula is C19H21Cl3NV. The van der Waals surface area contributed by atoms with E-state index in [1.165, 1.54) is 16.7 Å². The number of hydrogen-bond acceptors (Lipinski definition) is 1. The van der Waals surface area contributed by atoms with Gasteiger partial charge in [-0.15, -0.1) is 0 Å². The van der Waals surface area contributed by atoms with Gasteiger partial charge in [0.2, 0.25) is 0 Å². The Bertz CT molecular complexity index is 632. The SMILES string of the molecule is CN(C)C[CH]([V+3][CH]1C=Cc2ccccc21)c1ccccc1.[Cl-].[Cl-].[Cl-]. The molecule has 128 valence electrons. The molecule has 0 spiro atoms. The van der Waals surface area contributed by atoms with Crippen molar-refractivity contribution in [2.24, 2.45) is 0 Å². The summed E-state index contributed by atoms with van der Waals surface area (Å²) >= 11 is 0.196. The van der Waals surface area contributed by atoms with Gasteiger partial charge in [0.15, 0.2) is 0 Å². The predicted molar refractivity (Wildman–Crippen MR) is 86.0 cm³/mol. The van der Waals surface area contributed by atoms with Crippen LogP contribution in [-0.4, -0.2) is 25.5 Å². The molecule has 1 nitrogen and oxygen atoms in total. The Morgan fingerprint density at radius 1 is 0.917 bits per heavy atom. The van der Waals surface area contributed by atoms with Crippen molar-refractivity contribution >= 4 is 6.08 Å². The second-order valence-electron chi connectivity index (χ2n) is 5.77. The molecule has 0 amide bonds. The van der Waals surface area contributed by atoms with E-state index in [1.807, 2.05) is 0 Å². The number of allylic oxidation sites excluding steroid dienone is 1. The standard InChI is InChI=1S/C10H14N.C9H7.3ClH.V/c1-11(2)9-8-10-6-4-3-5-7-10;1-2-5-9-7-3-6-8(9)4-1;;;;/h3-8H,9H2,1-2H3;1-7H;3*1H;/q;;;;;+3/p-3. The molecule has 0 N–H and O–H groups in total. The van der Waals surface area contributed by atoms with Gasteiger partial charge in [-0.3, -0.25) is 0 Å². The summed E-state index contributed by atoms with van der Waals surface area (Å²) in [6.07, 6.45) is 4.71. The Kier molecular flexibility index (Phi) is 11.1. The molecule has 0 bridgehead atoms. The van der Waals surface area contributed by atoms with Gasteiger partial charge in [0.1, 0.15) is 0 Å². The van der Waals surface area contributed by atoms with Gasteiger partial charge in [0.05, 0.1) is 0 Å². The maximum absolute atomic E-state index is 2.41. The maximum atomic E-state index is 2.41. The molecule has 5 heteroatoms. The first kappa shape index (κ1) is 23.6. The van der Waals surface area contributed by atoms with Crippen molar-refractivity contribution in [2.45, 2.75) is 9.26 Å². The Balaban J connectivity index is 0.00000176. The average molecular weight is 421 g/mol. The molecule has 0 radical (unpaired) electrons.